The Morgan fingerprint density at radius 1 is 1.25 bits per heavy atom. The standard InChI is InChI=1S/C19H27N5O3S/c1-13-11-14-12-20-19(21-15-7-9-23(10-8-15)28(2,26)27)22-17(14)24(18(13)25)16-5-3-4-6-16/h11-12,15-16H,3-10H2,1-2H3,(H,20,21,22)/i1D3,15D. The number of aryl methyl sites for hydroxylation is 1. The highest BCUT2D eigenvalue weighted by molar-refractivity contribution is 7.88. The summed E-state index contributed by atoms with van der Waals surface area (Å²) >= 11 is 0. The van der Waals surface area contributed by atoms with Gasteiger partial charge in [-0.3, -0.25) is 9.36 Å². The van der Waals surface area contributed by atoms with Crippen LogP contribution in [0.2, 0.25) is 0 Å². The predicted molar refractivity (Wildman–Crippen MR) is 109 cm³/mol. The Morgan fingerprint density at radius 2 is 1.96 bits per heavy atom. The molecule has 2 fully saturated rings. The molecule has 0 radical (unpaired) electrons. The van der Waals surface area contributed by atoms with Crippen molar-refractivity contribution in [3.05, 3.63) is 28.2 Å². The van der Waals surface area contributed by atoms with E-state index in [1.165, 1.54) is 21.1 Å². The van der Waals surface area contributed by atoms with Crippen LogP contribution in [-0.2, 0) is 10.0 Å². The summed E-state index contributed by atoms with van der Waals surface area (Å²) in [6.45, 7) is -2.10. The Bertz CT molecular complexity index is 1180. The Labute approximate surface area is 170 Å². The number of piperidine rings is 1. The van der Waals surface area contributed by atoms with Crippen LogP contribution in [0.15, 0.2) is 17.1 Å². The van der Waals surface area contributed by atoms with Crippen molar-refractivity contribution in [1.29, 1.82) is 0 Å². The zero-order valence-electron chi connectivity index (χ0n) is 19.8. The SMILES string of the molecule is [2H]C1(Nc2ncc3cc(C([2H])([2H])[2H])c(=O)n(C4CCCC4)c3n2)CCN(S(C)(=O)=O)CC1. The van der Waals surface area contributed by atoms with Gasteiger partial charge in [-0.25, -0.2) is 17.7 Å². The third kappa shape index (κ3) is 3.77. The van der Waals surface area contributed by atoms with Gasteiger partial charge in [0.15, 0.2) is 0 Å². The second-order valence-electron chi connectivity index (χ2n) is 7.53. The van der Waals surface area contributed by atoms with Gasteiger partial charge >= 0.3 is 0 Å². The van der Waals surface area contributed by atoms with Crippen molar-refractivity contribution in [3.8, 4) is 0 Å². The van der Waals surface area contributed by atoms with Gasteiger partial charge in [0.1, 0.15) is 5.65 Å². The van der Waals surface area contributed by atoms with Crippen LogP contribution in [0.25, 0.3) is 11.0 Å². The summed E-state index contributed by atoms with van der Waals surface area (Å²) in [5.74, 6) is 0.160. The summed E-state index contributed by atoms with van der Waals surface area (Å²) in [7, 11) is -3.31. The Morgan fingerprint density at radius 3 is 2.61 bits per heavy atom. The van der Waals surface area contributed by atoms with Crippen LogP contribution >= 0.6 is 0 Å². The molecular formula is C19H27N5O3S. The van der Waals surface area contributed by atoms with Crippen LogP contribution in [-0.4, -0.2) is 52.6 Å². The van der Waals surface area contributed by atoms with Crippen LogP contribution in [0, 0.1) is 6.85 Å². The van der Waals surface area contributed by atoms with Gasteiger partial charge in [-0.15, -0.1) is 0 Å². The van der Waals surface area contributed by atoms with Crippen molar-refractivity contribution in [1.82, 2.24) is 18.8 Å². The first kappa shape index (κ1) is 14.9. The maximum absolute atomic E-state index is 13.1. The topological polar surface area (TPSA) is 97.2 Å². The monoisotopic (exact) mass is 409 g/mol. The lowest BCUT2D eigenvalue weighted by Gasteiger charge is -2.30. The molecule has 0 spiro atoms. The van der Waals surface area contributed by atoms with Crippen molar-refractivity contribution in [2.24, 2.45) is 0 Å². The fraction of sp³-hybridized carbons (Fsp3) is 0.632. The minimum Gasteiger partial charge on any atom is -0.351 e. The summed E-state index contributed by atoms with van der Waals surface area (Å²) in [5.41, 5.74) is -0.452. The van der Waals surface area contributed by atoms with Crippen molar-refractivity contribution in [2.75, 3.05) is 24.7 Å². The zero-order chi connectivity index (χ0) is 23.3. The fourth-order valence-electron chi connectivity index (χ4n) is 4.05. The van der Waals surface area contributed by atoms with E-state index in [9.17, 15) is 13.2 Å². The molecule has 3 heterocycles. The molecule has 9 heteroatoms. The van der Waals surface area contributed by atoms with Gasteiger partial charge in [0.2, 0.25) is 16.0 Å². The van der Waals surface area contributed by atoms with Gasteiger partial charge in [0.05, 0.1) is 7.63 Å². The number of nitrogens with one attached hydrogen (secondary N) is 1. The van der Waals surface area contributed by atoms with Crippen molar-refractivity contribution >= 4 is 27.0 Å². The molecule has 0 bridgehead atoms. The average Bonchev–Trinajstić information content (AvgIpc) is 3.20. The molecule has 2 aromatic heterocycles. The number of hydrogen-bond acceptors (Lipinski definition) is 6. The van der Waals surface area contributed by atoms with Crippen molar-refractivity contribution < 1.29 is 13.9 Å². The van der Waals surface area contributed by atoms with Gasteiger partial charge in [-0.1, -0.05) is 12.8 Å². The van der Waals surface area contributed by atoms with Crippen LogP contribution in [0.5, 0.6) is 0 Å². The Kier molecular flexibility index (Phi) is 3.96. The number of pyridine rings is 1. The van der Waals surface area contributed by atoms with E-state index in [2.05, 4.69) is 15.3 Å². The summed E-state index contributed by atoms with van der Waals surface area (Å²) in [6.07, 6.45) is 6.61. The normalized spacial score (nSPS) is 23.8. The average molecular weight is 410 g/mol. The van der Waals surface area contributed by atoms with Gasteiger partial charge in [-0.05, 0) is 38.6 Å². The first-order valence-electron chi connectivity index (χ1n) is 11.5. The van der Waals surface area contributed by atoms with Gasteiger partial charge < -0.3 is 5.32 Å². The molecule has 8 nitrogen and oxygen atoms in total. The number of anilines is 1. The second kappa shape index (κ2) is 7.44. The van der Waals surface area contributed by atoms with Crippen molar-refractivity contribution in [2.45, 2.75) is 57.4 Å². The van der Waals surface area contributed by atoms with E-state index in [1.807, 2.05) is 0 Å². The first-order chi connectivity index (χ1) is 14.9. The number of hydrogen-bond donors (Lipinski definition) is 1. The van der Waals surface area contributed by atoms with E-state index >= 15 is 0 Å². The van der Waals surface area contributed by atoms with Gasteiger partial charge in [0.25, 0.3) is 5.56 Å². The van der Waals surface area contributed by atoms with Gasteiger partial charge in [0, 0.05) is 46.4 Å². The minimum absolute atomic E-state index is 0.127. The van der Waals surface area contributed by atoms with E-state index in [-0.39, 0.29) is 43.5 Å². The van der Waals surface area contributed by atoms with Crippen molar-refractivity contribution in [3.63, 3.8) is 0 Å². The summed E-state index contributed by atoms with van der Waals surface area (Å²) in [5, 5.41) is 3.46. The second-order valence-corrected chi connectivity index (χ2v) is 9.52. The number of sulfonamides is 1. The maximum Gasteiger partial charge on any atom is 0.255 e. The number of rotatable bonds is 4. The molecule has 1 aliphatic carbocycles. The first-order valence-corrected chi connectivity index (χ1v) is 11.4. The zero-order valence-corrected chi connectivity index (χ0v) is 16.6. The number of aromatic nitrogens is 3. The van der Waals surface area contributed by atoms with E-state index in [0.29, 0.717) is 11.0 Å². The van der Waals surface area contributed by atoms with Gasteiger partial charge in [-0.2, -0.15) is 4.98 Å². The highest BCUT2D eigenvalue weighted by Gasteiger charge is 2.26. The smallest absolute Gasteiger partial charge is 0.255 e. The maximum atomic E-state index is 13.1. The van der Waals surface area contributed by atoms with Crippen LogP contribution in [0.1, 0.15) is 55.6 Å². The molecule has 0 atom stereocenters. The third-order valence-corrected chi connectivity index (χ3v) is 6.85. The summed E-state index contributed by atoms with van der Waals surface area (Å²) in [6, 6.07) is 0.0606. The van der Waals surface area contributed by atoms with Crippen LogP contribution in [0.3, 0.4) is 0 Å². The quantitative estimate of drug-likeness (QED) is 0.830. The van der Waals surface area contributed by atoms with E-state index in [0.717, 1.165) is 31.9 Å². The Balaban J connectivity index is 1.71. The van der Waals surface area contributed by atoms with E-state index in [1.54, 1.807) is 0 Å². The lowest BCUT2D eigenvalue weighted by atomic mass is 10.1. The molecule has 28 heavy (non-hydrogen) atoms. The highest BCUT2D eigenvalue weighted by atomic mass is 32.2. The summed E-state index contributed by atoms with van der Waals surface area (Å²) in [4.78, 5) is 21.9. The molecule has 1 aliphatic heterocycles. The molecule has 1 N–H and O–H groups in total. The largest absolute Gasteiger partial charge is 0.351 e. The highest BCUT2D eigenvalue weighted by Crippen LogP contribution is 2.30. The Hall–Kier alpha value is -2.00. The molecule has 2 aromatic rings. The predicted octanol–water partition coefficient (Wildman–Crippen LogP) is 2.05. The number of nitrogens with zero attached hydrogens (tertiary/aromatic N) is 4. The minimum atomic E-state index is -3.31. The van der Waals surface area contributed by atoms with E-state index < -0.39 is 28.5 Å². The third-order valence-electron chi connectivity index (χ3n) is 5.55. The molecule has 4 rings (SSSR count). The molecule has 1 saturated heterocycles. The molecule has 152 valence electrons. The lowest BCUT2D eigenvalue weighted by Crippen LogP contribution is -2.42. The number of fused-ring (bicyclic) bond motifs is 1. The molecular weight excluding hydrogens is 378 g/mol. The van der Waals surface area contributed by atoms with Crippen LogP contribution < -0.4 is 10.9 Å². The molecule has 1 saturated carbocycles. The molecule has 0 unspecified atom stereocenters. The summed E-state index contributed by atoms with van der Waals surface area (Å²) < 4.78 is 58.2. The molecule has 0 aromatic carbocycles. The fourth-order valence-corrected chi connectivity index (χ4v) is 4.90. The van der Waals surface area contributed by atoms with Crippen LogP contribution in [0.4, 0.5) is 5.95 Å². The molecule has 0 amide bonds. The lowest BCUT2D eigenvalue weighted by molar-refractivity contribution is 0.331. The van der Waals surface area contributed by atoms with E-state index in [4.69, 9.17) is 5.48 Å². The molecule has 2 aliphatic rings.